The van der Waals surface area contributed by atoms with Crippen molar-refractivity contribution in [3.05, 3.63) is 35.4 Å². The third-order valence-electron chi connectivity index (χ3n) is 3.02. The van der Waals surface area contributed by atoms with Gasteiger partial charge in [-0.3, -0.25) is 4.79 Å². The molecule has 100 valence electrons. The smallest absolute Gasteiger partial charge is 0.328 e. The van der Waals surface area contributed by atoms with Crippen LogP contribution in [-0.4, -0.2) is 36.6 Å². The molecule has 1 aliphatic heterocycles. The van der Waals surface area contributed by atoms with Gasteiger partial charge in [-0.15, -0.1) is 0 Å². The summed E-state index contributed by atoms with van der Waals surface area (Å²) in [5.41, 5.74) is 2.88. The van der Waals surface area contributed by atoms with Crippen molar-refractivity contribution in [3.63, 3.8) is 0 Å². The lowest BCUT2D eigenvalue weighted by atomic mass is 10.1. The number of aryl methyl sites for hydroxylation is 1. The first-order valence-electron chi connectivity index (χ1n) is 6.09. The van der Waals surface area contributed by atoms with E-state index < -0.39 is 5.97 Å². The Morgan fingerprint density at radius 3 is 2.89 bits per heavy atom. The van der Waals surface area contributed by atoms with Crippen LogP contribution in [0.3, 0.4) is 0 Å². The second-order valence-electron chi connectivity index (χ2n) is 4.49. The Morgan fingerprint density at radius 2 is 2.26 bits per heavy atom. The van der Waals surface area contributed by atoms with E-state index >= 15 is 0 Å². The highest BCUT2D eigenvalue weighted by Gasteiger charge is 2.17. The molecule has 0 aromatic heterocycles. The van der Waals surface area contributed by atoms with E-state index in [1.807, 2.05) is 30.0 Å². The van der Waals surface area contributed by atoms with E-state index in [-0.39, 0.29) is 5.91 Å². The molecule has 5 nitrogen and oxygen atoms in total. The van der Waals surface area contributed by atoms with E-state index in [4.69, 9.17) is 5.11 Å². The molecule has 1 fully saturated rings. The summed E-state index contributed by atoms with van der Waals surface area (Å²) in [6.07, 6.45) is 2.67. The van der Waals surface area contributed by atoms with Crippen LogP contribution in [0.25, 0.3) is 6.08 Å². The minimum atomic E-state index is -0.963. The molecular weight excluding hydrogens is 244 g/mol. The van der Waals surface area contributed by atoms with Crippen LogP contribution in [0.15, 0.2) is 24.3 Å². The van der Waals surface area contributed by atoms with Gasteiger partial charge in [-0.05, 0) is 36.3 Å². The van der Waals surface area contributed by atoms with Crippen molar-refractivity contribution in [3.8, 4) is 0 Å². The summed E-state index contributed by atoms with van der Waals surface area (Å²) < 4.78 is 0. The zero-order valence-electron chi connectivity index (χ0n) is 10.7. The van der Waals surface area contributed by atoms with Crippen molar-refractivity contribution >= 4 is 23.6 Å². The highest BCUT2D eigenvalue weighted by Crippen LogP contribution is 2.22. The highest BCUT2D eigenvalue weighted by atomic mass is 16.4. The lowest BCUT2D eigenvalue weighted by Crippen LogP contribution is -2.47. The van der Waals surface area contributed by atoms with E-state index in [0.717, 1.165) is 29.4 Å². The number of carbonyl (C=O) groups excluding carboxylic acids is 1. The second kappa shape index (κ2) is 5.56. The number of carbonyl (C=O) groups is 2. The number of nitrogens with zero attached hydrogens (tertiary/aromatic N) is 1. The third-order valence-corrected chi connectivity index (χ3v) is 3.02. The number of hydrogen-bond donors (Lipinski definition) is 2. The number of rotatable bonds is 3. The van der Waals surface area contributed by atoms with Crippen LogP contribution in [0, 0.1) is 6.92 Å². The number of benzene rings is 1. The van der Waals surface area contributed by atoms with Crippen molar-refractivity contribution in [2.45, 2.75) is 6.92 Å². The first kappa shape index (κ1) is 13.1. The summed E-state index contributed by atoms with van der Waals surface area (Å²) in [5, 5.41) is 11.4. The molecular formula is C14H16N2O3. The molecule has 0 bridgehead atoms. The van der Waals surface area contributed by atoms with Crippen molar-refractivity contribution in [1.82, 2.24) is 5.32 Å². The van der Waals surface area contributed by atoms with E-state index in [2.05, 4.69) is 5.32 Å². The molecule has 19 heavy (non-hydrogen) atoms. The van der Waals surface area contributed by atoms with Gasteiger partial charge in [0.05, 0.1) is 6.54 Å². The average molecular weight is 260 g/mol. The average Bonchev–Trinajstić information content (AvgIpc) is 2.36. The standard InChI is InChI=1S/C14H16N2O3/c1-10-8-11(3-5-14(18)19)2-4-12(10)16-7-6-15-13(17)9-16/h2-5,8H,6-7,9H2,1H3,(H,15,17)(H,18,19). The fraction of sp³-hybridized carbons (Fsp3) is 0.286. The molecule has 0 radical (unpaired) electrons. The van der Waals surface area contributed by atoms with E-state index in [9.17, 15) is 9.59 Å². The Labute approximate surface area is 111 Å². The number of aliphatic carboxylic acids is 1. The Hall–Kier alpha value is -2.30. The fourth-order valence-corrected chi connectivity index (χ4v) is 2.15. The predicted molar refractivity (Wildman–Crippen MR) is 73.1 cm³/mol. The Bertz CT molecular complexity index is 537. The molecule has 5 heteroatoms. The van der Waals surface area contributed by atoms with Crippen molar-refractivity contribution in [2.24, 2.45) is 0 Å². The lowest BCUT2D eigenvalue weighted by molar-refractivity contribution is -0.131. The van der Waals surface area contributed by atoms with Crippen LogP contribution in [0.1, 0.15) is 11.1 Å². The maximum absolute atomic E-state index is 11.4. The van der Waals surface area contributed by atoms with Crippen LogP contribution in [0.5, 0.6) is 0 Å². The summed E-state index contributed by atoms with van der Waals surface area (Å²) in [7, 11) is 0. The van der Waals surface area contributed by atoms with Gasteiger partial charge in [-0.2, -0.15) is 0 Å². The monoisotopic (exact) mass is 260 g/mol. The van der Waals surface area contributed by atoms with E-state index in [0.29, 0.717) is 13.1 Å². The van der Waals surface area contributed by atoms with Gasteiger partial charge >= 0.3 is 5.97 Å². The second-order valence-corrected chi connectivity index (χ2v) is 4.49. The molecule has 1 saturated heterocycles. The molecule has 0 spiro atoms. The molecule has 1 amide bonds. The number of amides is 1. The van der Waals surface area contributed by atoms with Gasteiger partial charge in [0, 0.05) is 24.9 Å². The molecule has 1 aromatic carbocycles. The Morgan fingerprint density at radius 1 is 1.47 bits per heavy atom. The predicted octanol–water partition coefficient (Wildman–Crippen LogP) is 1.03. The minimum Gasteiger partial charge on any atom is -0.478 e. The van der Waals surface area contributed by atoms with Crippen LogP contribution in [0.2, 0.25) is 0 Å². The van der Waals surface area contributed by atoms with Crippen molar-refractivity contribution in [1.29, 1.82) is 0 Å². The van der Waals surface area contributed by atoms with Gasteiger partial charge < -0.3 is 15.3 Å². The summed E-state index contributed by atoms with van der Waals surface area (Å²) in [6, 6.07) is 5.70. The molecule has 0 aliphatic carbocycles. The number of carboxylic acids is 1. The maximum atomic E-state index is 11.4. The van der Waals surface area contributed by atoms with Crippen LogP contribution < -0.4 is 10.2 Å². The van der Waals surface area contributed by atoms with Crippen LogP contribution >= 0.6 is 0 Å². The van der Waals surface area contributed by atoms with Crippen molar-refractivity contribution < 1.29 is 14.7 Å². The minimum absolute atomic E-state index is 0.0282. The lowest BCUT2D eigenvalue weighted by Gasteiger charge is -2.30. The van der Waals surface area contributed by atoms with Gasteiger partial charge in [0.1, 0.15) is 0 Å². The Kier molecular flexibility index (Phi) is 3.85. The van der Waals surface area contributed by atoms with Crippen LogP contribution in [-0.2, 0) is 9.59 Å². The van der Waals surface area contributed by atoms with Gasteiger partial charge in [0.25, 0.3) is 0 Å². The third kappa shape index (κ3) is 3.34. The zero-order valence-corrected chi connectivity index (χ0v) is 10.7. The first-order chi connectivity index (χ1) is 9.06. The van der Waals surface area contributed by atoms with E-state index in [1.54, 1.807) is 6.08 Å². The number of piperazine rings is 1. The molecule has 0 atom stereocenters. The van der Waals surface area contributed by atoms with E-state index in [1.165, 1.54) is 0 Å². The number of anilines is 1. The topological polar surface area (TPSA) is 69.6 Å². The van der Waals surface area contributed by atoms with Gasteiger partial charge in [0.15, 0.2) is 0 Å². The molecule has 2 rings (SSSR count). The van der Waals surface area contributed by atoms with Crippen molar-refractivity contribution in [2.75, 3.05) is 24.5 Å². The normalized spacial score (nSPS) is 15.6. The largest absolute Gasteiger partial charge is 0.478 e. The van der Waals surface area contributed by atoms with Gasteiger partial charge in [-0.25, -0.2) is 4.79 Å². The molecule has 1 aromatic rings. The molecule has 0 saturated carbocycles. The molecule has 2 N–H and O–H groups in total. The summed E-state index contributed by atoms with van der Waals surface area (Å²) in [6.45, 7) is 3.76. The summed E-state index contributed by atoms with van der Waals surface area (Å²) >= 11 is 0. The van der Waals surface area contributed by atoms with Gasteiger partial charge in [0.2, 0.25) is 5.91 Å². The molecule has 1 aliphatic rings. The fourth-order valence-electron chi connectivity index (χ4n) is 2.15. The quantitative estimate of drug-likeness (QED) is 0.796. The van der Waals surface area contributed by atoms with Gasteiger partial charge in [-0.1, -0.05) is 6.07 Å². The SMILES string of the molecule is Cc1cc(C=CC(=O)O)ccc1N1CCNC(=O)C1. The van der Waals surface area contributed by atoms with Crippen LogP contribution in [0.4, 0.5) is 5.69 Å². The number of hydrogen-bond acceptors (Lipinski definition) is 3. The zero-order chi connectivity index (χ0) is 13.8. The highest BCUT2D eigenvalue weighted by molar-refractivity contribution is 5.86. The summed E-state index contributed by atoms with van der Waals surface area (Å²) in [4.78, 5) is 23.9. The first-order valence-corrected chi connectivity index (χ1v) is 6.09. The maximum Gasteiger partial charge on any atom is 0.328 e. The Balaban J connectivity index is 2.19. The molecule has 1 heterocycles. The molecule has 0 unspecified atom stereocenters. The number of nitrogens with one attached hydrogen (secondary N) is 1. The summed E-state index contributed by atoms with van der Waals surface area (Å²) in [5.74, 6) is -0.935. The number of carboxylic acid groups (broad SMARTS) is 1.